The number of phosphoric acid groups is 1. The summed E-state index contributed by atoms with van der Waals surface area (Å²) in [5.74, 6) is -0.207. The Morgan fingerprint density at radius 1 is 0.636 bits per heavy atom. The Balaban J connectivity index is 4.52. The molecular weight excluding hydrogens is 707 g/mol. The van der Waals surface area contributed by atoms with Crippen molar-refractivity contribution in [3.05, 3.63) is 60.8 Å². The number of aliphatic hydroxyl groups excluding tert-OH is 1. The van der Waals surface area contributed by atoms with Crippen molar-refractivity contribution in [2.24, 2.45) is 0 Å². The van der Waals surface area contributed by atoms with Crippen molar-refractivity contribution in [2.75, 3.05) is 40.9 Å². The third-order valence-corrected chi connectivity index (χ3v) is 10.5. The molecule has 0 radical (unpaired) electrons. The number of likely N-dealkylation sites (N-methyl/N-ethyl adjacent to an activating group) is 1. The number of rotatable bonds is 39. The highest BCUT2D eigenvalue weighted by Crippen LogP contribution is 2.43. The molecule has 3 unspecified atom stereocenters. The lowest BCUT2D eigenvalue weighted by Crippen LogP contribution is -2.45. The van der Waals surface area contributed by atoms with Gasteiger partial charge in [0.2, 0.25) is 5.91 Å². The summed E-state index contributed by atoms with van der Waals surface area (Å²) < 4.78 is 23.5. The Bertz CT molecular complexity index is 1080. The van der Waals surface area contributed by atoms with Gasteiger partial charge in [0, 0.05) is 6.42 Å². The minimum atomic E-state index is -4.35. The second kappa shape index (κ2) is 37.8. The number of carbonyl (C=O) groups is 1. The largest absolute Gasteiger partial charge is 0.472 e. The smallest absolute Gasteiger partial charge is 0.387 e. The van der Waals surface area contributed by atoms with E-state index >= 15 is 0 Å². The van der Waals surface area contributed by atoms with Crippen molar-refractivity contribution in [2.45, 2.75) is 187 Å². The van der Waals surface area contributed by atoms with Gasteiger partial charge >= 0.3 is 7.82 Å². The summed E-state index contributed by atoms with van der Waals surface area (Å²) >= 11 is 0. The zero-order valence-electron chi connectivity index (χ0n) is 36.1. The maximum atomic E-state index is 12.8. The fourth-order valence-corrected chi connectivity index (χ4v) is 6.69. The van der Waals surface area contributed by atoms with Crippen LogP contribution >= 0.6 is 7.82 Å². The molecule has 0 aliphatic heterocycles. The lowest BCUT2D eigenvalue weighted by atomic mass is 10.0. The van der Waals surface area contributed by atoms with Crippen LogP contribution in [0.4, 0.5) is 0 Å². The maximum Gasteiger partial charge on any atom is 0.472 e. The van der Waals surface area contributed by atoms with Gasteiger partial charge in [-0.25, -0.2) is 4.57 Å². The first-order valence-corrected chi connectivity index (χ1v) is 23.7. The minimum absolute atomic E-state index is 0.0500. The number of amides is 1. The van der Waals surface area contributed by atoms with E-state index in [4.69, 9.17) is 9.05 Å². The topological polar surface area (TPSA) is 105 Å². The molecule has 0 aromatic rings. The van der Waals surface area contributed by atoms with Crippen LogP contribution in [0.1, 0.15) is 174 Å². The molecule has 0 heterocycles. The summed E-state index contributed by atoms with van der Waals surface area (Å²) in [6.07, 6.45) is 48.6. The van der Waals surface area contributed by atoms with Crippen LogP contribution < -0.4 is 5.32 Å². The molecule has 3 N–H and O–H groups in total. The molecule has 8 nitrogen and oxygen atoms in total. The lowest BCUT2D eigenvalue weighted by Gasteiger charge is -2.25. The van der Waals surface area contributed by atoms with Crippen LogP contribution in [-0.2, 0) is 18.4 Å². The molecule has 0 fully saturated rings. The number of nitrogens with one attached hydrogen (secondary N) is 1. The predicted molar refractivity (Wildman–Crippen MR) is 235 cm³/mol. The van der Waals surface area contributed by atoms with Gasteiger partial charge in [-0.1, -0.05) is 164 Å². The Labute approximate surface area is 339 Å². The van der Waals surface area contributed by atoms with E-state index in [2.05, 4.69) is 67.8 Å². The standard InChI is InChI=1S/C46H85N2O6P/c1-6-8-10-12-14-16-18-20-22-23-24-26-27-29-31-33-35-37-39-45(49)44(43-54-55(51,52)53-42-41-48(3,4)5)47-46(50)40-38-36-34-32-30-28-25-21-19-17-15-13-11-9-7-2/h9,11,15,17,21,25,29,31,37,39,44-45,49H,6-8,10,12-14,16,18-20,22-24,26-28,30,32-36,38,40-43H2,1-5H3,(H-,47,50,51,52)/p+1/b11-9-,17-15-,25-21-,31-29+,39-37+. The second-order valence-electron chi connectivity index (χ2n) is 16.0. The first-order chi connectivity index (χ1) is 26.5. The van der Waals surface area contributed by atoms with Crippen molar-refractivity contribution in [3.63, 3.8) is 0 Å². The van der Waals surface area contributed by atoms with E-state index in [9.17, 15) is 19.4 Å². The molecule has 0 aromatic carbocycles. The van der Waals surface area contributed by atoms with E-state index in [0.717, 1.165) is 77.0 Å². The van der Waals surface area contributed by atoms with Gasteiger partial charge in [0.25, 0.3) is 0 Å². The van der Waals surface area contributed by atoms with Crippen molar-refractivity contribution in [3.8, 4) is 0 Å². The first kappa shape index (κ1) is 53.2. The molecule has 3 atom stereocenters. The quantitative estimate of drug-likeness (QED) is 0.0248. The maximum absolute atomic E-state index is 12.8. The zero-order valence-corrected chi connectivity index (χ0v) is 37.0. The number of hydrogen-bond donors (Lipinski definition) is 3. The van der Waals surface area contributed by atoms with Crippen molar-refractivity contribution < 1.29 is 32.9 Å². The molecule has 0 spiro atoms. The van der Waals surface area contributed by atoms with Gasteiger partial charge in [-0.15, -0.1) is 0 Å². The van der Waals surface area contributed by atoms with Crippen LogP contribution in [0, 0.1) is 0 Å². The molecular formula is C46H86N2O6P+. The fraction of sp³-hybridized carbons (Fsp3) is 0.761. The first-order valence-electron chi connectivity index (χ1n) is 22.2. The van der Waals surface area contributed by atoms with Crippen LogP contribution in [0.3, 0.4) is 0 Å². The Morgan fingerprint density at radius 3 is 1.67 bits per heavy atom. The van der Waals surface area contributed by atoms with Gasteiger partial charge in [0.1, 0.15) is 13.2 Å². The van der Waals surface area contributed by atoms with E-state index in [-0.39, 0.29) is 19.1 Å². The van der Waals surface area contributed by atoms with Crippen LogP contribution in [0.25, 0.3) is 0 Å². The number of quaternary nitrogens is 1. The Hall–Kier alpha value is -1.80. The number of allylic oxidation sites excluding steroid dienone is 9. The predicted octanol–water partition coefficient (Wildman–Crippen LogP) is 12.2. The molecule has 0 rings (SSSR count). The van der Waals surface area contributed by atoms with Crippen molar-refractivity contribution >= 4 is 13.7 Å². The fourth-order valence-electron chi connectivity index (χ4n) is 5.95. The zero-order chi connectivity index (χ0) is 40.7. The Kier molecular flexibility index (Phi) is 36.5. The molecule has 0 saturated heterocycles. The van der Waals surface area contributed by atoms with E-state index in [0.29, 0.717) is 17.4 Å². The highest BCUT2D eigenvalue weighted by atomic mass is 31.2. The molecule has 55 heavy (non-hydrogen) atoms. The van der Waals surface area contributed by atoms with Crippen LogP contribution in [0.2, 0.25) is 0 Å². The van der Waals surface area contributed by atoms with Crippen LogP contribution in [0.15, 0.2) is 60.8 Å². The molecule has 0 aliphatic carbocycles. The average Bonchev–Trinajstić information content (AvgIpc) is 3.13. The van der Waals surface area contributed by atoms with E-state index in [1.165, 1.54) is 77.0 Å². The third-order valence-electron chi connectivity index (χ3n) is 9.47. The molecule has 0 aliphatic rings. The molecule has 0 saturated carbocycles. The van der Waals surface area contributed by atoms with Gasteiger partial charge in [-0.05, 0) is 64.2 Å². The monoisotopic (exact) mass is 794 g/mol. The minimum Gasteiger partial charge on any atom is -0.387 e. The number of unbranched alkanes of at least 4 members (excludes halogenated alkanes) is 18. The van der Waals surface area contributed by atoms with E-state index in [1.807, 2.05) is 27.2 Å². The number of hydrogen-bond acceptors (Lipinski definition) is 5. The summed E-state index contributed by atoms with van der Waals surface area (Å²) in [6, 6.07) is -0.873. The highest BCUT2D eigenvalue weighted by Gasteiger charge is 2.27. The summed E-state index contributed by atoms with van der Waals surface area (Å²) in [4.78, 5) is 23.1. The summed E-state index contributed by atoms with van der Waals surface area (Å²) in [5.41, 5.74) is 0. The molecule has 1 amide bonds. The molecule has 320 valence electrons. The summed E-state index contributed by atoms with van der Waals surface area (Å²) in [6.45, 7) is 4.65. The highest BCUT2D eigenvalue weighted by molar-refractivity contribution is 7.47. The van der Waals surface area contributed by atoms with Gasteiger partial charge in [0.15, 0.2) is 0 Å². The average molecular weight is 794 g/mol. The van der Waals surface area contributed by atoms with Crippen LogP contribution in [0.5, 0.6) is 0 Å². The normalized spacial score (nSPS) is 15.0. The molecule has 0 aromatic heterocycles. The van der Waals surface area contributed by atoms with Crippen molar-refractivity contribution in [1.29, 1.82) is 0 Å². The number of carbonyl (C=O) groups excluding carboxylic acids is 1. The van der Waals surface area contributed by atoms with Crippen LogP contribution in [-0.4, -0.2) is 73.4 Å². The van der Waals surface area contributed by atoms with Gasteiger partial charge < -0.3 is 19.8 Å². The number of phosphoric ester groups is 1. The molecule has 0 bridgehead atoms. The Morgan fingerprint density at radius 2 is 1.11 bits per heavy atom. The number of aliphatic hydroxyl groups is 1. The van der Waals surface area contributed by atoms with Gasteiger partial charge in [-0.3, -0.25) is 13.8 Å². The van der Waals surface area contributed by atoms with Gasteiger partial charge in [0.05, 0.1) is 39.9 Å². The SMILES string of the molecule is CC/C=C\C/C=C\C/C=C\CCCCCCCC(=O)NC(COP(=O)(O)OCC[N+](C)(C)C)C(O)/C=C/CC/C=C/CCCCCCCCCCCCCC. The van der Waals surface area contributed by atoms with Crippen molar-refractivity contribution in [1.82, 2.24) is 5.32 Å². The van der Waals surface area contributed by atoms with E-state index < -0.39 is 20.0 Å². The molecule has 9 heteroatoms. The van der Waals surface area contributed by atoms with Gasteiger partial charge in [-0.2, -0.15) is 0 Å². The third kappa shape index (κ3) is 40.2. The number of nitrogens with zero attached hydrogens (tertiary/aromatic N) is 1. The summed E-state index contributed by atoms with van der Waals surface area (Å²) in [7, 11) is 1.53. The van der Waals surface area contributed by atoms with E-state index in [1.54, 1.807) is 6.08 Å². The second-order valence-corrected chi connectivity index (χ2v) is 17.5. The lowest BCUT2D eigenvalue weighted by molar-refractivity contribution is -0.870. The summed E-state index contributed by atoms with van der Waals surface area (Å²) in [5, 5.41) is 13.8.